The van der Waals surface area contributed by atoms with E-state index >= 15 is 0 Å². The molecule has 2 amide bonds. The number of hydrogen-bond donors (Lipinski definition) is 3. The fourth-order valence-corrected chi connectivity index (χ4v) is 1.91. The van der Waals surface area contributed by atoms with Gasteiger partial charge >= 0.3 is 0 Å². The van der Waals surface area contributed by atoms with E-state index in [4.69, 9.17) is 23.7 Å². The van der Waals surface area contributed by atoms with Gasteiger partial charge < -0.3 is 16.8 Å². The van der Waals surface area contributed by atoms with Gasteiger partial charge in [-0.3, -0.25) is 14.5 Å². The van der Waals surface area contributed by atoms with Crippen molar-refractivity contribution in [2.24, 2.45) is 11.5 Å². The van der Waals surface area contributed by atoms with Crippen LogP contribution in [0.1, 0.15) is 18.9 Å². The molecule has 0 unspecified atom stereocenters. The van der Waals surface area contributed by atoms with Crippen LogP contribution in [0.2, 0.25) is 0 Å². The minimum Gasteiger partial charge on any atom is -0.389 e. The van der Waals surface area contributed by atoms with Gasteiger partial charge in [0, 0.05) is 24.2 Å². The third kappa shape index (κ3) is 6.33. The van der Waals surface area contributed by atoms with Crippen LogP contribution in [0.3, 0.4) is 0 Å². The fourth-order valence-electron chi connectivity index (χ4n) is 1.77. The van der Waals surface area contributed by atoms with Crippen LogP contribution in [-0.4, -0.2) is 41.3 Å². The van der Waals surface area contributed by atoms with Gasteiger partial charge in [0.25, 0.3) is 0 Å². The molecule has 0 bridgehead atoms. The van der Waals surface area contributed by atoms with Gasteiger partial charge in [-0.1, -0.05) is 19.1 Å². The maximum Gasteiger partial charge on any atom is 0.231 e. The number of likely N-dealkylation sites (N-methyl/N-ethyl adjacent to an activating group) is 1. The number of thiocarbonyl (C=S) groups is 1. The van der Waals surface area contributed by atoms with Crippen molar-refractivity contribution in [2.45, 2.75) is 13.3 Å². The number of carbonyl (C=O) groups excluding carboxylic acids is 2. The second-order valence-corrected chi connectivity index (χ2v) is 5.01. The first-order valence-electron chi connectivity index (χ1n) is 6.62. The van der Waals surface area contributed by atoms with Gasteiger partial charge in [0.15, 0.2) is 0 Å². The Balaban J connectivity index is 2.46. The van der Waals surface area contributed by atoms with Crippen LogP contribution in [0, 0.1) is 0 Å². The summed E-state index contributed by atoms with van der Waals surface area (Å²) in [7, 11) is 0. The van der Waals surface area contributed by atoms with E-state index in [0.717, 1.165) is 5.56 Å². The molecular weight excluding hydrogens is 288 g/mol. The standard InChI is InChI=1S/C14H20N4O2S/c1-2-18(9-12(15)19)8-7-13(20)17-11-5-3-10(4-6-11)14(16)21/h3-6H,2,7-9H2,1H3,(H2,15,19)(H2,16,21)(H,17,20). The first kappa shape index (κ1) is 17.1. The van der Waals surface area contributed by atoms with Crippen molar-refractivity contribution in [3.8, 4) is 0 Å². The number of nitrogens with one attached hydrogen (secondary N) is 1. The molecule has 1 aromatic rings. The maximum absolute atomic E-state index is 11.8. The zero-order valence-corrected chi connectivity index (χ0v) is 12.8. The minimum atomic E-state index is -0.398. The monoisotopic (exact) mass is 308 g/mol. The lowest BCUT2D eigenvalue weighted by Crippen LogP contribution is -2.35. The van der Waals surface area contributed by atoms with Crippen molar-refractivity contribution in [1.82, 2.24) is 4.90 Å². The van der Waals surface area contributed by atoms with E-state index in [0.29, 0.717) is 23.8 Å². The van der Waals surface area contributed by atoms with Crippen LogP contribution >= 0.6 is 12.2 Å². The summed E-state index contributed by atoms with van der Waals surface area (Å²) in [5, 5.41) is 2.77. The normalized spacial score (nSPS) is 10.4. The zero-order chi connectivity index (χ0) is 15.8. The van der Waals surface area contributed by atoms with Gasteiger partial charge in [-0.25, -0.2) is 0 Å². The van der Waals surface area contributed by atoms with Gasteiger partial charge in [0.2, 0.25) is 11.8 Å². The molecule has 7 heteroatoms. The third-order valence-corrected chi connectivity index (χ3v) is 3.17. The van der Waals surface area contributed by atoms with E-state index < -0.39 is 5.91 Å². The highest BCUT2D eigenvalue weighted by Crippen LogP contribution is 2.10. The minimum absolute atomic E-state index is 0.124. The van der Waals surface area contributed by atoms with Gasteiger partial charge in [-0.05, 0) is 30.8 Å². The molecule has 1 rings (SSSR count). The number of anilines is 1. The van der Waals surface area contributed by atoms with Crippen LogP contribution in [-0.2, 0) is 9.59 Å². The van der Waals surface area contributed by atoms with Crippen LogP contribution in [0.4, 0.5) is 5.69 Å². The number of nitrogens with zero attached hydrogens (tertiary/aromatic N) is 1. The summed E-state index contributed by atoms with van der Waals surface area (Å²) in [4.78, 5) is 24.8. The molecule has 0 aromatic heterocycles. The molecule has 0 saturated carbocycles. The van der Waals surface area contributed by atoms with Crippen LogP contribution in [0.15, 0.2) is 24.3 Å². The Morgan fingerprint density at radius 1 is 1.24 bits per heavy atom. The molecule has 0 fully saturated rings. The molecule has 0 spiro atoms. The predicted molar refractivity (Wildman–Crippen MR) is 86.9 cm³/mol. The van der Waals surface area contributed by atoms with Crippen molar-refractivity contribution < 1.29 is 9.59 Å². The molecule has 5 N–H and O–H groups in total. The molecule has 0 atom stereocenters. The Labute approximate surface area is 129 Å². The molecule has 0 aliphatic heterocycles. The van der Waals surface area contributed by atoms with E-state index in [9.17, 15) is 9.59 Å². The van der Waals surface area contributed by atoms with E-state index in [1.165, 1.54) is 0 Å². The quantitative estimate of drug-likeness (QED) is 0.606. The largest absolute Gasteiger partial charge is 0.389 e. The van der Waals surface area contributed by atoms with Gasteiger partial charge in [-0.15, -0.1) is 0 Å². The SMILES string of the molecule is CCN(CCC(=O)Nc1ccc(C(N)=S)cc1)CC(N)=O. The molecule has 114 valence electrons. The lowest BCUT2D eigenvalue weighted by molar-refractivity contribution is -0.120. The first-order valence-corrected chi connectivity index (χ1v) is 7.03. The molecule has 0 saturated heterocycles. The van der Waals surface area contributed by atoms with Crippen molar-refractivity contribution in [3.63, 3.8) is 0 Å². The van der Waals surface area contributed by atoms with Gasteiger partial charge in [-0.2, -0.15) is 0 Å². The highest BCUT2D eigenvalue weighted by molar-refractivity contribution is 7.80. The van der Waals surface area contributed by atoms with E-state index in [1.807, 2.05) is 11.8 Å². The van der Waals surface area contributed by atoms with Crippen LogP contribution < -0.4 is 16.8 Å². The molecule has 21 heavy (non-hydrogen) atoms. The number of rotatable bonds is 8. The Bertz CT molecular complexity index is 516. The molecule has 0 radical (unpaired) electrons. The molecule has 1 aromatic carbocycles. The summed E-state index contributed by atoms with van der Waals surface area (Å²) in [6.45, 7) is 3.22. The summed E-state index contributed by atoms with van der Waals surface area (Å²) in [5.74, 6) is -0.522. The lowest BCUT2D eigenvalue weighted by atomic mass is 10.2. The Morgan fingerprint density at radius 3 is 2.33 bits per heavy atom. The van der Waals surface area contributed by atoms with E-state index in [1.54, 1.807) is 24.3 Å². The average Bonchev–Trinajstić information content (AvgIpc) is 2.43. The van der Waals surface area contributed by atoms with Crippen molar-refractivity contribution in [3.05, 3.63) is 29.8 Å². The van der Waals surface area contributed by atoms with Crippen molar-refractivity contribution >= 4 is 34.7 Å². The highest BCUT2D eigenvalue weighted by atomic mass is 32.1. The maximum atomic E-state index is 11.8. The number of benzene rings is 1. The second-order valence-electron chi connectivity index (χ2n) is 4.57. The smallest absolute Gasteiger partial charge is 0.231 e. The van der Waals surface area contributed by atoms with Crippen molar-refractivity contribution in [1.29, 1.82) is 0 Å². The summed E-state index contributed by atoms with van der Waals surface area (Å²) in [5.41, 5.74) is 12.1. The molecule has 0 aliphatic rings. The summed E-state index contributed by atoms with van der Waals surface area (Å²) < 4.78 is 0. The van der Waals surface area contributed by atoms with E-state index in [2.05, 4.69) is 5.32 Å². The summed E-state index contributed by atoms with van der Waals surface area (Å²) >= 11 is 4.86. The fraction of sp³-hybridized carbons (Fsp3) is 0.357. The predicted octanol–water partition coefficient (Wildman–Crippen LogP) is 0.457. The van der Waals surface area contributed by atoms with E-state index in [-0.39, 0.29) is 18.9 Å². The number of amides is 2. The second kappa shape index (κ2) is 8.33. The number of primary amides is 1. The number of carbonyl (C=O) groups is 2. The average molecular weight is 308 g/mol. The molecule has 6 nitrogen and oxygen atoms in total. The van der Waals surface area contributed by atoms with Crippen LogP contribution in [0.25, 0.3) is 0 Å². The Kier molecular flexibility index (Phi) is 6.77. The molecule has 0 aliphatic carbocycles. The van der Waals surface area contributed by atoms with Crippen molar-refractivity contribution in [2.75, 3.05) is 25.0 Å². The van der Waals surface area contributed by atoms with Gasteiger partial charge in [0.05, 0.1) is 6.54 Å². The van der Waals surface area contributed by atoms with Crippen LogP contribution in [0.5, 0.6) is 0 Å². The summed E-state index contributed by atoms with van der Waals surface area (Å²) in [6.07, 6.45) is 0.290. The molecular formula is C14H20N4O2S. The molecule has 0 heterocycles. The number of nitrogens with two attached hydrogens (primary N) is 2. The topological polar surface area (TPSA) is 101 Å². The third-order valence-electron chi connectivity index (χ3n) is 2.93. The van der Waals surface area contributed by atoms with Gasteiger partial charge in [0.1, 0.15) is 4.99 Å². The summed E-state index contributed by atoms with van der Waals surface area (Å²) in [6, 6.07) is 6.99. The lowest BCUT2D eigenvalue weighted by Gasteiger charge is -2.17. The zero-order valence-electron chi connectivity index (χ0n) is 12.0. The Hall–Kier alpha value is -1.99. The first-order chi connectivity index (χ1) is 9.92. The number of hydrogen-bond acceptors (Lipinski definition) is 4. The Morgan fingerprint density at radius 2 is 1.86 bits per heavy atom. The highest BCUT2D eigenvalue weighted by Gasteiger charge is 2.09.